The van der Waals surface area contributed by atoms with E-state index in [1.165, 1.54) is 0 Å². The molecule has 26 heavy (non-hydrogen) atoms. The normalized spacial score (nSPS) is 13.0. The number of anilines is 1. The molecular formula is C20H17N3O3. The number of hydrogen-bond donors (Lipinski definition) is 2. The van der Waals surface area contributed by atoms with Crippen LogP contribution in [0, 0.1) is 0 Å². The van der Waals surface area contributed by atoms with Crippen LogP contribution in [0.5, 0.6) is 0 Å². The summed E-state index contributed by atoms with van der Waals surface area (Å²) in [7, 11) is 0. The number of carbonyl (C=O) groups excluding carboxylic acids is 2. The van der Waals surface area contributed by atoms with Crippen LogP contribution < -0.4 is 10.6 Å². The van der Waals surface area contributed by atoms with Gasteiger partial charge in [0.2, 0.25) is 11.8 Å². The monoisotopic (exact) mass is 347 g/mol. The van der Waals surface area contributed by atoms with Crippen molar-refractivity contribution in [3.8, 4) is 11.3 Å². The Morgan fingerprint density at radius 2 is 2.00 bits per heavy atom. The number of oxazole rings is 1. The van der Waals surface area contributed by atoms with Crippen LogP contribution in [0.15, 0.2) is 59.1 Å². The van der Waals surface area contributed by atoms with Crippen molar-refractivity contribution in [1.82, 2.24) is 10.3 Å². The van der Waals surface area contributed by atoms with Crippen molar-refractivity contribution in [2.24, 2.45) is 0 Å². The molecular weight excluding hydrogens is 330 g/mol. The lowest BCUT2D eigenvalue weighted by atomic mass is 10.00. The molecule has 130 valence electrons. The van der Waals surface area contributed by atoms with E-state index < -0.39 is 0 Å². The van der Waals surface area contributed by atoms with Crippen molar-refractivity contribution >= 4 is 17.5 Å². The summed E-state index contributed by atoms with van der Waals surface area (Å²) in [4.78, 5) is 28.0. The van der Waals surface area contributed by atoms with Crippen LogP contribution in [0.4, 0.5) is 5.69 Å². The maximum absolute atomic E-state index is 12.4. The van der Waals surface area contributed by atoms with Gasteiger partial charge in [0.05, 0.1) is 12.7 Å². The van der Waals surface area contributed by atoms with E-state index in [-0.39, 0.29) is 18.4 Å². The third kappa shape index (κ3) is 3.35. The van der Waals surface area contributed by atoms with Crippen molar-refractivity contribution < 1.29 is 14.0 Å². The molecule has 3 aromatic rings. The predicted octanol–water partition coefficient (Wildman–Crippen LogP) is 3.16. The van der Waals surface area contributed by atoms with Gasteiger partial charge in [0, 0.05) is 23.2 Å². The van der Waals surface area contributed by atoms with Gasteiger partial charge in [-0.25, -0.2) is 4.98 Å². The molecule has 4 rings (SSSR count). The maximum atomic E-state index is 12.4. The molecule has 1 aromatic heterocycles. The quantitative estimate of drug-likeness (QED) is 0.759. The van der Waals surface area contributed by atoms with Crippen molar-refractivity contribution in [2.75, 3.05) is 5.32 Å². The first-order valence-electron chi connectivity index (χ1n) is 8.40. The molecule has 6 heteroatoms. The highest BCUT2D eigenvalue weighted by atomic mass is 16.4. The van der Waals surface area contributed by atoms with Gasteiger partial charge in [0.1, 0.15) is 0 Å². The zero-order valence-corrected chi connectivity index (χ0v) is 14.0. The Morgan fingerprint density at radius 1 is 1.15 bits per heavy atom. The summed E-state index contributed by atoms with van der Waals surface area (Å²) in [6.45, 7) is 0.208. The summed E-state index contributed by atoms with van der Waals surface area (Å²) < 4.78 is 5.68. The van der Waals surface area contributed by atoms with Crippen molar-refractivity contribution in [3.63, 3.8) is 0 Å². The zero-order valence-electron chi connectivity index (χ0n) is 14.0. The lowest BCUT2D eigenvalue weighted by Gasteiger charge is -2.17. The van der Waals surface area contributed by atoms with Crippen LogP contribution in [0.3, 0.4) is 0 Å². The molecule has 0 bridgehead atoms. The number of carbonyl (C=O) groups is 2. The first-order valence-corrected chi connectivity index (χ1v) is 8.40. The summed E-state index contributed by atoms with van der Waals surface area (Å²) >= 11 is 0. The molecule has 0 spiro atoms. The van der Waals surface area contributed by atoms with E-state index in [4.69, 9.17) is 4.42 Å². The molecule has 0 atom stereocenters. The van der Waals surface area contributed by atoms with Crippen LogP contribution >= 0.6 is 0 Å². The standard InChI is InChI=1S/C20H17N3O3/c24-18-9-7-14-10-15(6-8-16(14)23-18)20(25)22-12-19-21-11-17(26-19)13-4-2-1-3-5-13/h1-6,8,10-11H,7,9,12H2,(H,22,25)(H,23,24). The second kappa shape index (κ2) is 6.84. The van der Waals surface area contributed by atoms with Crippen LogP contribution in [-0.4, -0.2) is 16.8 Å². The maximum Gasteiger partial charge on any atom is 0.251 e. The molecule has 0 radical (unpaired) electrons. The van der Waals surface area contributed by atoms with Crippen molar-refractivity contribution in [3.05, 3.63) is 71.7 Å². The molecule has 0 fully saturated rings. The van der Waals surface area contributed by atoms with E-state index >= 15 is 0 Å². The molecule has 1 aliphatic heterocycles. The van der Waals surface area contributed by atoms with Gasteiger partial charge in [-0.15, -0.1) is 0 Å². The molecule has 0 aliphatic carbocycles. The molecule has 0 unspecified atom stereocenters. The van der Waals surface area contributed by atoms with Crippen LogP contribution in [0.1, 0.15) is 28.2 Å². The van der Waals surface area contributed by atoms with Gasteiger partial charge < -0.3 is 15.1 Å². The number of aromatic nitrogens is 1. The first-order chi connectivity index (χ1) is 12.7. The van der Waals surface area contributed by atoms with Gasteiger partial charge >= 0.3 is 0 Å². The van der Waals surface area contributed by atoms with Crippen LogP contribution in [-0.2, 0) is 17.8 Å². The second-order valence-corrected chi connectivity index (χ2v) is 6.09. The molecule has 0 saturated carbocycles. The van der Waals surface area contributed by atoms with Gasteiger partial charge in [-0.1, -0.05) is 30.3 Å². The molecule has 1 aliphatic rings. The number of nitrogens with zero attached hydrogens (tertiary/aromatic N) is 1. The topological polar surface area (TPSA) is 84.2 Å². The summed E-state index contributed by atoms with van der Waals surface area (Å²) in [6.07, 6.45) is 2.73. The van der Waals surface area contributed by atoms with Gasteiger partial charge in [0.25, 0.3) is 5.91 Å². The van der Waals surface area contributed by atoms with Gasteiger partial charge in [-0.05, 0) is 30.2 Å². The first kappa shape index (κ1) is 16.1. The summed E-state index contributed by atoms with van der Waals surface area (Å²) in [5, 5.41) is 5.62. The van der Waals surface area contributed by atoms with E-state index in [1.54, 1.807) is 18.3 Å². The summed E-state index contributed by atoms with van der Waals surface area (Å²) in [5.74, 6) is 0.916. The Kier molecular flexibility index (Phi) is 4.23. The van der Waals surface area contributed by atoms with Gasteiger partial charge in [-0.2, -0.15) is 0 Å². The largest absolute Gasteiger partial charge is 0.439 e. The number of benzene rings is 2. The third-order valence-electron chi connectivity index (χ3n) is 4.27. The smallest absolute Gasteiger partial charge is 0.251 e. The lowest BCUT2D eigenvalue weighted by molar-refractivity contribution is -0.116. The number of nitrogens with one attached hydrogen (secondary N) is 2. The highest BCUT2D eigenvalue weighted by molar-refractivity contribution is 5.97. The number of amides is 2. The number of rotatable bonds is 4. The highest BCUT2D eigenvalue weighted by Crippen LogP contribution is 2.24. The minimum Gasteiger partial charge on any atom is -0.439 e. The Hall–Kier alpha value is -3.41. The SMILES string of the molecule is O=C1CCc2cc(C(=O)NCc3ncc(-c4ccccc4)o3)ccc2N1. The Morgan fingerprint density at radius 3 is 2.85 bits per heavy atom. The molecule has 6 nitrogen and oxygen atoms in total. The minimum atomic E-state index is -0.204. The van der Waals surface area contributed by atoms with E-state index in [0.717, 1.165) is 16.8 Å². The predicted molar refractivity (Wildman–Crippen MR) is 96.5 cm³/mol. The lowest BCUT2D eigenvalue weighted by Crippen LogP contribution is -2.24. The van der Waals surface area contributed by atoms with Crippen LogP contribution in [0.2, 0.25) is 0 Å². The van der Waals surface area contributed by atoms with Crippen molar-refractivity contribution in [2.45, 2.75) is 19.4 Å². The molecule has 2 heterocycles. The second-order valence-electron chi connectivity index (χ2n) is 6.09. The average molecular weight is 347 g/mol. The van der Waals surface area contributed by atoms with E-state index in [2.05, 4.69) is 15.6 Å². The zero-order chi connectivity index (χ0) is 17.9. The fourth-order valence-electron chi connectivity index (χ4n) is 2.91. The number of aryl methyl sites for hydroxylation is 1. The molecule has 2 N–H and O–H groups in total. The van der Waals surface area contributed by atoms with E-state index in [1.807, 2.05) is 36.4 Å². The minimum absolute atomic E-state index is 0.00724. The van der Waals surface area contributed by atoms with E-state index in [0.29, 0.717) is 30.1 Å². The summed E-state index contributed by atoms with van der Waals surface area (Å²) in [5.41, 5.74) is 3.24. The molecule has 2 aromatic carbocycles. The Bertz CT molecular complexity index is 963. The van der Waals surface area contributed by atoms with Crippen LogP contribution in [0.25, 0.3) is 11.3 Å². The Balaban J connectivity index is 1.42. The third-order valence-corrected chi connectivity index (χ3v) is 4.27. The van der Waals surface area contributed by atoms with Crippen molar-refractivity contribution in [1.29, 1.82) is 0 Å². The highest BCUT2D eigenvalue weighted by Gasteiger charge is 2.17. The van der Waals surface area contributed by atoms with Gasteiger partial charge in [0.15, 0.2) is 5.76 Å². The Labute approximate surface area is 150 Å². The van der Waals surface area contributed by atoms with Gasteiger partial charge in [-0.3, -0.25) is 9.59 Å². The van der Waals surface area contributed by atoms with E-state index in [9.17, 15) is 9.59 Å². The molecule has 2 amide bonds. The number of hydrogen-bond acceptors (Lipinski definition) is 4. The fourth-order valence-corrected chi connectivity index (χ4v) is 2.91. The fraction of sp³-hybridized carbons (Fsp3) is 0.150. The molecule has 0 saturated heterocycles. The average Bonchev–Trinajstić information content (AvgIpc) is 3.15. The number of fused-ring (bicyclic) bond motifs is 1. The summed E-state index contributed by atoms with van der Waals surface area (Å²) in [6, 6.07) is 14.9.